The molecule has 96 valence electrons. The number of hydrogen-bond donors (Lipinski definition) is 1. The van der Waals surface area contributed by atoms with Crippen LogP contribution >= 0.6 is 11.3 Å². The number of thiophene rings is 1. The van der Waals surface area contributed by atoms with Gasteiger partial charge in [0, 0.05) is 28.7 Å². The van der Waals surface area contributed by atoms with Crippen molar-refractivity contribution < 1.29 is 0 Å². The Hall–Kier alpha value is -0.900. The molecule has 18 heavy (non-hydrogen) atoms. The Morgan fingerprint density at radius 1 is 1.33 bits per heavy atom. The summed E-state index contributed by atoms with van der Waals surface area (Å²) in [4.78, 5) is 3.95. The summed E-state index contributed by atoms with van der Waals surface area (Å²) < 4.78 is 1.37. The molecule has 3 rings (SSSR count). The average Bonchev–Trinajstić information content (AvgIpc) is 3.18. The first-order valence-electron chi connectivity index (χ1n) is 6.77. The highest BCUT2D eigenvalue weighted by Crippen LogP contribution is 2.34. The monoisotopic (exact) mass is 260 g/mol. The van der Waals surface area contributed by atoms with E-state index in [4.69, 9.17) is 5.73 Å². The molecule has 0 atom stereocenters. The predicted octanol–water partition coefficient (Wildman–Crippen LogP) is 3.34. The van der Waals surface area contributed by atoms with E-state index in [-0.39, 0.29) is 0 Å². The van der Waals surface area contributed by atoms with E-state index in [1.165, 1.54) is 33.4 Å². The van der Waals surface area contributed by atoms with Crippen molar-refractivity contribution in [2.45, 2.75) is 38.9 Å². The molecule has 1 aromatic heterocycles. The normalized spacial score (nSPS) is 15.7. The summed E-state index contributed by atoms with van der Waals surface area (Å²) in [5, 5.41) is 1.40. The summed E-state index contributed by atoms with van der Waals surface area (Å²) in [7, 11) is 0. The summed E-state index contributed by atoms with van der Waals surface area (Å²) in [5.41, 5.74) is 7.38. The van der Waals surface area contributed by atoms with Gasteiger partial charge in [0.05, 0.1) is 0 Å². The minimum absolute atomic E-state index is 0.664. The average molecular weight is 260 g/mol. The summed E-state index contributed by atoms with van der Waals surface area (Å²) in [6.07, 6.45) is 2.74. The minimum atomic E-state index is 0.664. The van der Waals surface area contributed by atoms with E-state index in [9.17, 15) is 0 Å². The maximum atomic E-state index is 5.92. The van der Waals surface area contributed by atoms with Gasteiger partial charge in [0.25, 0.3) is 0 Å². The lowest BCUT2D eigenvalue weighted by atomic mass is 10.1. The summed E-state index contributed by atoms with van der Waals surface area (Å²) in [6.45, 7) is 5.13. The van der Waals surface area contributed by atoms with Crippen molar-refractivity contribution in [2.24, 2.45) is 5.73 Å². The van der Waals surface area contributed by atoms with Crippen molar-refractivity contribution in [3.05, 3.63) is 34.7 Å². The van der Waals surface area contributed by atoms with Crippen LogP contribution in [0.15, 0.2) is 24.3 Å². The quantitative estimate of drug-likeness (QED) is 0.893. The first kappa shape index (κ1) is 12.2. The molecule has 0 spiro atoms. The van der Waals surface area contributed by atoms with E-state index in [1.807, 2.05) is 11.3 Å². The van der Waals surface area contributed by atoms with Crippen LogP contribution in [0.4, 0.5) is 0 Å². The van der Waals surface area contributed by atoms with E-state index < -0.39 is 0 Å². The second-order valence-electron chi connectivity index (χ2n) is 5.00. The lowest BCUT2D eigenvalue weighted by molar-refractivity contribution is 0.270. The standard InChI is InChI=1S/C15H20N2S/c1-2-17(11-7-8-11)10-13-12-5-3-4-6-14(12)18-15(13)9-16/h3-6,11H,2,7-10,16H2,1H3. The topological polar surface area (TPSA) is 29.3 Å². The SMILES string of the molecule is CCN(Cc1c(CN)sc2ccccc12)C1CC1. The second-order valence-corrected chi connectivity index (χ2v) is 6.14. The van der Waals surface area contributed by atoms with Crippen LogP contribution in [0.5, 0.6) is 0 Å². The van der Waals surface area contributed by atoms with Crippen LogP contribution in [0.3, 0.4) is 0 Å². The zero-order valence-electron chi connectivity index (χ0n) is 10.9. The van der Waals surface area contributed by atoms with Gasteiger partial charge in [0.1, 0.15) is 0 Å². The molecule has 0 unspecified atom stereocenters. The Balaban J connectivity index is 1.97. The van der Waals surface area contributed by atoms with Crippen molar-refractivity contribution in [3.63, 3.8) is 0 Å². The highest BCUT2D eigenvalue weighted by atomic mass is 32.1. The minimum Gasteiger partial charge on any atom is -0.326 e. The second kappa shape index (κ2) is 5.00. The van der Waals surface area contributed by atoms with E-state index >= 15 is 0 Å². The van der Waals surface area contributed by atoms with E-state index in [2.05, 4.69) is 36.1 Å². The number of fused-ring (bicyclic) bond motifs is 1. The van der Waals surface area contributed by atoms with E-state index in [1.54, 1.807) is 0 Å². The van der Waals surface area contributed by atoms with Gasteiger partial charge in [-0.3, -0.25) is 4.90 Å². The van der Waals surface area contributed by atoms with E-state index in [0.717, 1.165) is 19.1 Å². The van der Waals surface area contributed by atoms with Crippen LogP contribution in [0.2, 0.25) is 0 Å². The molecule has 0 saturated heterocycles. The van der Waals surface area contributed by atoms with Crippen LogP contribution in [0.25, 0.3) is 10.1 Å². The molecule has 2 N–H and O–H groups in total. The predicted molar refractivity (Wildman–Crippen MR) is 78.8 cm³/mol. The van der Waals surface area contributed by atoms with Gasteiger partial charge in [-0.15, -0.1) is 11.3 Å². The largest absolute Gasteiger partial charge is 0.326 e. The number of hydrogen-bond acceptors (Lipinski definition) is 3. The van der Waals surface area contributed by atoms with Gasteiger partial charge >= 0.3 is 0 Å². The molecule has 1 fully saturated rings. The molecular formula is C15H20N2S. The van der Waals surface area contributed by atoms with E-state index in [0.29, 0.717) is 6.54 Å². The first-order valence-corrected chi connectivity index (χ1v) is 7.58. The lowest BCUT2D eigenvalue weighted by Gasteiger charge is -2.20. The number of nitrogens with two attached hydrogens (primary N) is 1. The molecule has 1 aliphatic rings. The Kier molecular flexibility index (Phi) is 3.37. The van der Waals surface area contributed by atoms with Gasteiger partial charge in [0.2, 0.25) is 0 Å². The van der Waals surface area contributed by atoms with Gasteiger partial charge in [-0.05, 0) is 36.4 Å². The Bertz CT molecular complexity index is 542. The fourth-order valence-electron chi connectivity index (χ4n) is 2.63. The van der Waals surface area contributed by atoms with Crippen LogP contribution in [-0.4, -0.2) is 17.5 Å². The zero-order chi connectivity index (χ0) is 12.5. The molecule has 2 nitrogen and oxygen atoms in total. The van der Waals surface area contributed by atoms with Crippen LogP contribution in [-0.2, 0) is 13.1 Å². The fourth-order valence-corrected chi connectivity index (χ4v) is 3.72. The maximum Gasteiger partial charge on any atom is 0.0349 e. The van der Waals surface area contributed by atoms with Crippen LogP contribution in [0, 0.1) is 0 Å². The number of nitrogens with zero attached hydrogens (tertiary/aromatic N) is 1. The summed E-state index contributed by atoms with van der Waals surface area (Å²) in [5.74, 6) is 0. The molecular weight excluding hydrogens is 240 g/mol. The summed E-state index contributed by atoms with van der Waals surface area (Å²) in [6, 6.07) is 9.50. The molecule has 0 aliphatic heterocycles. The van der Waals surface area contributed by atoms with Crippen LogP contribution in [0.1, 0.15) is 30.2 Å². The van der Waals surface area contributed by atoms with Gasteiger partial charge in [-0.1, -0.05) is 25.1 Å². The first-order chi connectivity index (χ1) is 8.83. The van der Waals surface area contributed by atoms with Crippen molar-refractivity contribution in [2.75, 3.05) is 6.54 Å². The highest BCUT2D eigenvalue weighted by molar-refractivity contribution is 7.19. The van der Waals surface area contributed by atoms with Gasteiger partial charge in [-0.25, -0.2) is 0 Å². The third-order valence-electron chi connectivity index (χ3n) is 3.80. The molecule has 1 aliphatic carbocycles. The lowest BCUT2D eigenvalue weighted by Crippen LogP contribution is -2.25. The third-order valence-corrected chi connectivity index (χ3v) is 5.03. The molecule has 1 aromatic carbocycles. The van der Waals surface area contributed by atoms with Crippen molar-refractivity contribution in [1.82, 2.24) is 4.90 Å². The Morgan fingerprint density at radius 3 is 2.78 bits per heavy atom. The number of rotatable bonds is 5. The Labute approximate surface area is 112 Å². The maximum absolute atomic E-state index is 5.92. The molecule has 3 heteroatoms. The van der Waals surface area contributed by atoms with Gasteiger partial charge < -0.3 is 5.73 Å². The van der Waals surface area contributed by atoms with Crippen molar-refractivity contribution in [3.8, 4) is 0 Å². The summed E-state index contributed by atoms with van der Waals surface area (Å²) >= 11 is 1.86. The number of benzene rings is 1. The molecule has 0 amide bonds. The van der Waals surface area contributed by atoms with Gasteiger partial charge in [0.15, 0.2) is 0 Å². The zero-order valence-corrected chi connectivity index (χ0v) is 11.7. The molecule has 2 aromatic rings. The van der Waals surface area contributed by atoms with Crippen molar-refractivity contribution in [1.29, 1.82) is 0 Å². The molecule has 0 radical (unpaired) electrons. The molecule has 0 bridgehead atoms. The smallest absolute Gasteiger partial charge is 0.0349 e. The van der Waals surface area contributed by atoms with Crippen LogP contribution < -0.4 is 5.73 Å². The molecule has 1 heterocycles. The third kappa shape index (κ3) is 2.18. The highest BCUT2D eigenvalue weighted by Gasteiger charge is 2.28. The van der Waals surface area contributed by atoms with Gasteiger partial charge in [-0.2, -0.15) is 0 Å². The molecule has 1 saturated carbocycles. The van der Waals surface area contributed by atoms with Crippen molar-refractivity contribution >= 4 is 21.4 Å². The fraction of sp³-hybridized carbons (Fsp3) is 0.467. The Morgan fingerprint density at radius 2 is 2.11 bits per heavy atom.